The molecule has 2 rings (SSSR count). The molecule has 1 nitrogen and oxygen atoms in total. The maximum Gasteiger partial charge on any atom is 0.123 e. The maximum absolute atomic E-state index is 13.6. The van der Waals surface area contributed by atoms with Crippen LogP contribution in [0, 0.1) is 5.82 Å². The Morgan fingerprint density at radius 2 is 1.95 bits per heavy atom. The lowest BCUT2D eigenvalue weighted by atomic mass is 9.98. The van der Waals surface area contributed by atoms with E-state index in [-0.39, 0.29) is 11.9 Å². The molecule has 0 aliphatic rings. The van der Waals surface area contributed by atoms with Crippen molar-refractivity contribution < 1.29 is 4.39 Å². The van der Waals surface area contributed by atoms with Crippen molar-refractivity contribution in [1.82, 2.24) is 5.32 Å². The number of hydrogen-bond donors (Lipinski definition) is 1. The van der Waals surface area contributed by atoms with Crippen LogP contribution in [0.4, 0.5) is 4.39 Å². The van der Waals surface area contributed by atoms with Gasteiger partial charge in [0.15, 0.2) is 0 Å². The fraction of sp³-hybridized carbons (Fsp3) is 0.250. The van der Waals surface area contributed by atoms with Gasteiger partial charge in [0, 0.05) is 14.5 Å². The van der Waals surface area contributed by atoms with E-state index < -0.39 is 0 Å². The van der Waals surface area contributed by atoms with Crippen LogP contribution < -0.4 is 5.32 Å². The predicted molar refractivity (Wildman–Crippen MR) is 90.7 cm³/mol. The van der Waals surface area contributed by atoms with Crippen molar-refractivity contribution in [2.24, 2.45) is 0 Å². The molecule has 0 spiro atoms. The summed E-state index contributed by atoms with van der Waals surface area (Å²) in [4.78, 5) is 0. The quantitative estimate of drug-likeness (QED) is 0.661. The molecule has 0 fully saturated rings. The van der Waals surface area contributed by atoms with Gasteiger partial charge < -0.3 is 5.32 Å². The first-order valence-corrected chi connectivity index (χ1v) is 8.20. The fourth-order valence-corrected chi connectivity index (χ4v) is 3.29. The third-order valence-corrected chi connectivity index (χ3v) is 4.11. The Morgan fingerprint density at radius 3 is 2.62 bits per heavy atom. The number of halogens is 4. The van der Waals surface area contributed by atoms with Gasteiger partial charge >= 0.3 is 0 Å². The van der Waals surface area contributed by atoms with Gasteiger partial charge in [-0.15, -0.1) is 0 Å². The summed E-state index contributed by atoms with van der Waals surface area (Å²) in [7, 11) is 0. The van der Waals surface area contributed by atoms with Crippen LogP contribution in [0.25, 0.3) is 0 Å². The zero-order valence-corrected chi connectivity index (χ0v) is 14.6. The highest BCUT2D eigenvalue weighted by atomic mass is 79.9. The average Bonchev–Trinajstić information content (AvgIpc) is 2.42. The number of nitrogens with one attached hydrogen (secondary N) is 1. The van der Waals surface area contributed by atoms with Crippen LogP contribution in [0.3, 0.4) is 0 Å². The lowest BCUT2D eigenvalue weighted by molar-refractivity contribution is 0.585. The molecule has 0 aromatic heterocycles. The topological polar surface area (TPSA) is 12.0 Å². The first-order valence-electron chi connectivity index (χ1n) is 6.65. The Labute approximate surface area is 142 Å². The van der Waals surface area contributed by atoms with Crippen LogP contribution >= 0.6 is 39.1 Å². The Hall–Kier alpha value is -0.610. The van der Waals surface area contributed by atoms with Gasteiger partial charge in [-0.2, -0.15) is 0 Å². The average molecular weight is 391 g/mol. The van der Waals surface area contributed by atoms with Gasteiger partial charge in [-0.3, -0.25) is 0 Å². The van der Waals surface area contributed by atoms with Gasteiger partial charge in [0.1, 0.15) is 5.82 Å². The molecule has 0 saturated carbocycles. The van der Waals surface area contributed by atoms with E-state index in [0.717, 1.165) is 23.0 Å². The van der Waals surface area contributed by atoms with Crippen LogP contribution in [0.2, 0.25) is 10.0 Å². The Balaban J connectivity index is 2.49. The normalized spacial score (nSPS) is 12.4. The molecular weight excluding hydrogens is 376 g/mol. The molecule has 0 aliphatic heterocycles. The molecule has 2 aromatic rings. The first kappa shape index (κ1) is 16.8. The van der Waals surface area contributed by atoms with Crippen molar-refractivity contribution in [3.63, 3.8) is 0 Å². The summed E-state index contributed by atoms with van der Waals surface area (Å²) in [5.74, 6) is -0.307. The standard InChI is InChI=1S/C16H15BrCl2FN/c1-2-5-21-16(10-6-11(17)8-12(18)7-10)14-9-13(20)3-4-15(14)19/h3-4,6-9,16,21H,2,5H2,1H3. The molecule has 1 unspecified atom stereocenters. The lowest BCUT2D eigenvalue weighted by Crippen LogP contribution is -2.23. The second-order valence-electron chi connectivity index (χ2n) is 4.76. The first-order chi connectivity index (χ1) is 10.0. The molecule has 5 heteroatoms. The molecule has 0 bridgehead atoms. The summed E-state index contributed by atoms with van der Waals surface area (Å²) in [6.07, 6.45) is 0.963. The third-order valence-electron chi connectivity index (χ3n) is 3.09. The second kappa shape index (κ2) is 7.59. The van der Waals surface area contributed by atoms with Crippen molar-refractivity contribution >= 4 is 39.1 Å². The van der Waals surface area contributed by atoms with Crippen molar-refractivity contribution in [3.8, 4) is 0 Å². The molecular formula is C16H15BrCl2FN. The Morgan fingerprint density at radius 1 is 1.19 bits per heavy atom. The highest BCUT2D eigenvalue weighted by Gasteiger charge is 2.18. The van der Waals surface area contributed by atoms with Gasteiger partial charge in [-0.25, -0.2) is 4.39 Å². The minimum Gasteiger partial charge on any atom is -0.306 e. The van der Waals surface area contributed by atoms with Crippen molar-refractivity contribution in [2.75, 3.05) is 6.54 Å². The van der Waals surface area contributed by atoms with Gasteiger partial charge in [0.05, 0.1) is 6.04 Å². The Bertz CT molecular complexity index is 613. The van der Waals surface area contributed by atoms with Gasteiger partial charge in [-0.05, 0) is 60.5 Å². The van der Waals surface area contributed by atoms with E-state index >= 15 is 0 Å². The molecule has 0 aliphatic carbocycles. The van der Waals surface area contributed by atoms with E-state index in [0.29, 0.717) is 15.6 Å². The van der Waals surface area contributed by atoms with Crippen LogP contribution in [0.15, 0.2) is 40.9 Å². The largest absolute Gasteiger partial charge is 0.306 e. The van der Waals surface area contributed by atoms with E-state index in [1.54, 1.807) is 6.07 Å². The molecule has 1 atom stereocenters. The van der Waals surface area contributed by atoms with E-state index in [4.69, 9.17) is 23.2 Å². The molecule has 21 heavy (non-hydrogen) atoms. The highest BCUT2D eigenvalue weighted by molar-refractivity contribution is 9.10. The summed E-state index contributed by atoms with van der Waals surface area (Å²) in [5.41, 5.74) is 1.65. The maximum atomic E-state index is 13.6. The SMILES string of the molecule is CCCNC(c1cc(Cl)cc(Br)c1)c1cc(F)ccc1Cl. The second-order valence-corrected chi connectivity index (χ2v) is 6.52. The van der Waals surface area contributed by atoms with Crippen LogP contribution in [-0.2, 0) is 0 Å². The molecule has 0 radical (unpaired) electrons. The van der Waals surface area contributed by atoms with E-state index in [1.165, 1.54) is 12.1 Å². The van der Waals surface area contributed by atoms with Crippen molar-refractivity contribution in [3.05, 3.63) is 67.9 Å². The zero-order chi connectivity index (χ0) is 15.4. The van der Waals surface area contributed by atoms with Crippen LogP contribution in [0.5, 0.6) is 0 Å². The number of hydrogen-bond acceptors (Lipinski definition) is 1. The van der Waals surface area contributed by atoms with Gasteiger partial charge in [0.2, 0.25) is 0 Å². The molecule has 0 heterocycles. The van der Waals surface area contributed by atoms with Crippen molar-refractivity contribution in [2.45, 2.75) is 19.4 Å². The Kier molecular flexibility index (Phi) is 6.06. The molecule has 0 saturated heterocycles. The zero-order valence-electron chi connectivity index (χ0n) is 11.5. The molecule has 1 N–H and O–H groups in total. The predicted octanol–water partition coefficient (Wildman–Crippen LogP) is 5.98. The fourth-order valence-electron chi connectivity index (χ4n) is 2.17. The highest BCUT2D eigenvalue weighted by Crippen LogP contribution is 2.32. The van der Waals surface area contributed by atoms with Crippen molar-refractivity contribution in [1.29, 1.82) is 0 Å². The van der Waals surface area contributed by atoms with E-state index in [9.17, 15) is 4.39 Å². The van der Waals surface area contributed by atoms with Crippen LogP contribution in [-0.4, -0.2) is 6.54 Å². The van der Waals surface area contributed by atoms with Gasteiger partial charge in [-0.1, -0.05) is 46.1 Å². The third kappa shape index (κ3) is 4.43. The monoisotopic (exact) mass is 389 g/mol. The minimum absolute atomic E-state index is 0.205. The number of benzene rings is 2. The summed E-state index contributed by atoms with van der Waals surface area (Å²) in [6.45, 7) is 2.87. The number of rotatable bonds is 5. The molecule has 112 valence electrons. The summed E-state index contributed by atoms with van der Waals surface area (Å²) in [5, 5.41) is 4.54. The summed E-state index contributed by atoms with van der Waals surface area (Å²) >= 11 is 15.8. The van der Waals surface area contributed by atoms with E-state index in [1.807, 2.05) is 18.2 Å². The lowest BCUT2D eigenvalue weighted by Gasteiger charge is -2.21. The smallest absolute Gasteiger partial charge is 0.123 e. The summed E-state index contributed by atoms with van der Waals surface area (Å²) < 4.78 is 14.5. The van der Waals surface area contributed by atoms with E-state index in [2.05, 4.69) is 28.2 Å². The molecule has 0 amide bonds. The molecule has 2 aromatic carbocycles. The minimum atomic E-state index is -0.307. The summed E-state index contributed by atoms with van der Waals surface area (Å²) in [6, 6.07) is 9.83. The van der Waals surface area contributed by atoms with Crippen LogP contribution in [0.1, 0.15) is 30.5 Å². The van der Waals surface area contributed by atoms with Gasteiger partial charge in [0.25, 0.3) is 0 Å².